The number of carbonyl (C=O) groups excluding carboxylic acids is 5. The molecule has 4 fully saturated rings. The number of nitrogens with zero attached hydrogens (tertiary/aromatic N) is 5. The molecule has 79 heavy (non-hydrogen) atoms. The van der Waals surface area contributed by atoms with E-state index in [1.165, 1.54) is 12.0 Å². The smallest absolute Gasteiger partial charge is 0.329 e. The number of aromatic nitrogens is 3. The highest BCUT2D eigenvalue weighted by molar-refractivity contribution is 6.39. The highest BCUT2D eigenvalue weighted by atomic mass is 16.6. The Hall–Kier alpha value is -4.31. The van der Waals surface area contributed by atoms with Crippen molar-refractivity contribution in [3.63, 3.8) is 0 Å². The van der Waals surface area contributed by atoms with Gasteiger partial charge in [0, 0.05) is 78.1 Å². The summed E-state index contributed by atoms with van der Waals surface area (Å²) in [6, 6.07) is -1.15. The molecule has 5 aliphatic rings. The predicted molar refractivity (Wildman–Crippen MR) is 295 cm³/mol. The number of ether oxygens (including phenoxy) is 7. The SMILES string of the molecule is CO[C@H]1C[C@@H]2CC[C@@H](C)[C@@](O)(O2)C(=O)C(=O)N2CCCC[C@H]2C(=O)O[C@H]([C@H](C)C[C@@H]2CC[C@@H](OCc3cn(CCN4CCOCC4)nn3)[C@H](OC)C2)CC(=O)[C@H](C)/C=C(\C)[C@@H](O)[C@@H](OC)C(=O)[C@H](C)C[C@H](C)/C=C/C=C/C=C/1C. The first kappa shape index (κ1) is 63.9. The van der Waals surface area contributed by atoms with Gasteiger partial charge in [0.15, 0.2) is 5.78 Å². The number of Topliss-reactive ketones (excluding diaryl/α,β-unsaturated/α-hetero) is 3. The molecular formula is C60H93N5O14. The molecule has 1 amide bonds. The van der Waals surface area contributed by atoms with E-state index in [2.05, 4.69) is 15.2 Å². The minimum Gasteiger partial charge on any atom is -0.460 e. The summed E-state index contributed by atoms with van der Waals surface area (Å²) in [7, 11) is 4.64. The topological polar surface area (TPSA) is 228 Å². The van der Waals surface area contributed by atoms with E-state index in [-0.39, 0.29) is 67.5 Å². The third kappa shape index (κ3) is 17.6. The Labute approximate surface area is 468 Å². The summed E-state index contributed by atoms with van der Waals surface area (Å²) in [6.07, 6.45) is 13.9. The van der Waals surface area contributed by atoms with Crippen LogP contribution in [0.2, 0.25) is 0 Å². The molecule has 0 aromatic carbocycles. The Balaban J connectivity index is 1.22. The molecule has 0 radical (unpaired) electrons. The van der Waals surface area contributed by atoms with Gasteiger partial charge in [0.25, 0.3) is 11.7 Å². The number of ketones is 3. The molecule has 0 spiro atoms. The molecular weight excluding hydrogens is 1010 g/mol. The zero-order chi connectivity index (χ0) is 57.4. The molecule has 2 bridgehead atoms. The number of hydrogen-bond acceptors (Lipinski definition) is 17. The van der Waals surface area contributed by atoms with E-state index in [4.69, 9.17) is 33.2 Å². The summed E-state index contributed by atoms with van der Waals surface area (Å²) in [6.45, 7) is 18.0. The number of hydrogen-bond donors (Lipinski definition) is 2. The molecule has 1 aromatic rings. The quantitative estimate of drug-likeness (QED) is 0.132. The largest absolute Gasteiger partial charge is 0.460 e. The molecule has 19 nitrogen and oxygen atoms in total. The number of allylic oxidation sites excluding steroid dienone is 6. The van der Waals surface area contributed by atoms with Crippen LogP contribution in [-0.2, 0) is 70.3 Å². The lowest BCUT2D eigenvalue weighted by Gasteiger charge is -2.42. The summed E-state index contributed by atoms with van der Waals surface area (Å²) in [5.41, 5.74) is 2.00. The van der Waals surface area contributed by atoms with Crippen LogP contribution in [0.15, 0.2) is 53.8 Å². The summed E-state index contributed by atoms with van der Waals surface area (Å²) in [4.78, 5) is 75.3. The number of aliphatic hydroxyl groups excluding tert-OH is 1. The van der Waals surface area contributed by atoms with Crippen LogP contribution < -0.4 is 0 Å². The third-order valence-corrected chi connectivity index (χ3v) is 17.2. The fraction of sp³-hybridized carbons (Fsp3) is 0.750. The number of esters is 1. The molecule has 1 aliphatic carbocycles. The van der Waals surface area contributed by atoms with Crippen molar-refractivity contribution in [2.45, 2.75) is 193 Å². The standard InChI is InChI=1S/C60H93N5O14/c1-38-16-12-11-13-17-39(2)51(73-8)34-47-21-19-44(7)60(72,79-47)57(69)58(70)65-23-15-14-18-48(65)59(71)78-52(35-49(66)40(3)31-43(6)55(68)56(75-10)54(67)42(5)30-38)41(4)32-45-20-22-50(53(33-45)74-9)77-37-46-36-64(62-61-46)25-24-63-26-28-76-29-27-63/h11-13,16-17,31,36,38,40-42,44-45,47-48,50-53,55-56,68,72H,14-15,18-30,32-35,37H2,1-10H3/b13-11+,16-12+,39-17+,43-31+/t38-,40-,41-,42-,44-,45+,47+,48+,50-,51+,52+,53-,55-,56+,60-/m1/s1. The Morgan fingerprint density at radius 2 is 1.59 bits per heavy atom. The monoisotopic (exact) mass is 1110 g/mol. The zero-order valence-electron chi connectivity index (χ0n) is 48.8. The van der Waals surface area contributed by atoms with Gasteiger partial charge in [-0.05, 0) is 107 Å². The lowest BCUT2D eigenvalue weighted by Crippen LogP contribution is -2.61. The van der Waals surface area contributed by atoms with Gasteiger partial charge in [-0.15, -0.1) is 5.10 Å². The lowest BCUT2D eigenvalue weighted by atomic mass is 9.78. The van der Waals surface area contributed by atoms with E-state index in [1.807, 2.05) is 69.0 Å². The second-order valence-electron chi connectivity index (χ2n) is 23.3. The molecule has 442 valence electrons. The van der Waals surface area contributed by atoms with Crippen molar-refractivity contribution in [2.24, 2.45) is 35.5 Å². The molecule has 0 unspecified atom stereocenters. The first-order valence-electron chi connectivity index (χ1n) is 29.1. The number of amides is 1. The van der Waals surface area contributed by atoms with Gasteiger partial charge >= 0.3 is 5.97 Å². The van der Waals surface area contributed by atoms with Crippen molar-refractivity contribution in [1.29, 1.82) is 0 Å². The maximum atomic E-state index is 14.7. The zero-order valence-corrected chi connectivity index (χ0v) is 48.8. The predicted octanol–water partition coefficient (Wildman–Crippen LogP) is 6.33. The summed E-state index contributed by atoms with van der Waals surface area (Å²) in [5.74, 6) is -8.01. The molecule has 3 saturated heterocycles. The molecule has 5 heterocycles. The van der Waals surface area contributed by atoms with Crippen molar-refractivity contribution in [3.05, 3.63) is 59.5 Å². The number of methoxy groups -OCH3 is 3. The molecule has 6 rings (SSSR count). The summed E-state index contributed by atoms with van der Waals surface area (Å²) in [5, 5.41) is 32.3. The molecule has 4 aliphatic heterocycles. The minimum atomic E-state index is -2.44. The van der Waals surface area contributed by atoms with Gasteiger partial charge in [-0.25, -0.2) is 4.79 Å². The number of rotatable bonds is 12. The Bertz CT molecular complexity index is 2290. The van der Waals surface area contributed by atoms with Crippen LogP contribution in [0.5, 0.6) is 0 Å². The Morgan fingerprint density at radius 3 is 2.32 bits per heavy atom. The highest BCUT2D eigenvalue weighted by Gasteiger charge is 2.53. The van der Waals surface area contributed by atoms with Gasteiger partial charge in [0.1, 0.15) is 35.8 Å². The van der Waals surface area contributed by atoms with Crippen LogP contribution in [0.1, 0.15) is 131 Å². The number of carbonyl (C=O) groups is 5. The minimum absolute atomic E-state index is 0.0108. The van der Waals surface area contributed by atoms with Crippen LogP contribution in [0, 0.1) is 35.5 Å². The van der Waals surface area contributed by atoms with E-state index in [1.54, 1.807) is 41.1 Å². The lowest BCUT2D eigenvalue weighted by molar-refractivity contribution is -0.265. The van der Waals surface area contributed by atoms with Crippen molar-refractivity contribution in [3.8, 4) is 0 Å². The molecule has 1 aromatic heterocycles. The molecule has 2 N–H and O–H groups in total. The van der Waals surface area contributed by atoms with E-state index >= 15 is 0 Å². The highest BCUT2D eigenvalue weighted by Crippen LogP contribution is 2.38. The average Bonchev–Trinajstić information content (AvgIpc) is 3.94. The molecule has 1 saturated carbocycles. The normalized spacial score (nSPS) is 36.8. The summed E-state index contributed by atoms with van der Waals surface area (Å²) < 4.78 is 43.8. The van der Waals surface area contributed by atoms with Crippen molar-refractivity contribution >= 4 is 29.2 Å². The van der Waals surface area contributed by atoms with Crippen molar-refractivity contribution < 1.29 is 67.3 Å². The van der Waals surface area contributed by atoms with Crippen molar-refractivity contribution in [1.82, 2.24) is 24.8 Å². The first-order valence-corrected chi connectivity index (χ1v) is 29.1. The van der Waals surface area contributed by atoms with Gasteiger partial charge in [-0.1, -0.05) is 76.3 Å². The third-order valence-electron chi connectivity index (χ3n) is 17.2. The maximum absolute atomic E-state index is 14.7. The van der Waals surface area contributed by atoms with Crippen LogP contribution >= 0.6 is 0 Å². The number of aliphatic hydroxyl groups is 2. The van der Waals surface area contributed by atoms with Gasteiger partial charge in [0.05, 0.1) is 57.0 Å². The van der Waals surface area contributed by atoms with E-state index < -0.39 is 77.8 Å². The van der Waals surface area contributed by atoms with E-state index in [0.29, 0.717) is 63.4 Å². The van der Waals surface area contributed by atoms with Gasteiger partial charge in [-0.2, -0.15) is 0 Å². The van der Waals surface area contributed by atoms with Crippen LogP contribution in [0.3, 0.4) is 0 Å². The van der Waals surface area contributed by atoms with E-state index in [0.717, 1.165) is 57.1 Å². The maximum Gasteiger partial charge on any atom is 0.329 e. The Morgan fingerprint density at radius 1 is 0.835 bits per heavy atom. The van der Waals surface area contributed by atoms with Crippen LogP contribution in [0.25, 0.3) is 0 Å². The summed E-state index contributed by atoms with van der Waals surface area (Å²) >= 11 is 0. The van der Waals surface area contributed by atoms with Crippen LogP contribution in [0.4, 0.5) is 0 Å². The Kier molecular flexibility index (Phi) is 24.8. The van der Waals surface area contributed by atoms with E-state index in [9.17, 15) is 34.2 Å². The molecule has 19 heteroatoms. The number of cyclic esters (lactones) is 1. The second-order valence-corrected chi connectivity index (χ2v) is 23.3. The second kappa shape index (κ2) is 30.7. The average molecular weight is 1110 g/mol. The fourth-order valence-corrected chi connectivity index (χ4v) is 12.1. The van der Waals surface area contributed by atoms with Crippen molar-refractivity contribution in [2.75, 3.05) is 60.7 Å². The van der Waals surface area contributed by atoms with Gasteiger partial charge < -0.3 is 48.3 Å². The fourth-order valence-electron chi connectivity index (χ4n) is 12.1. The number of morpholine rings is 1. The van der Waals surface area contributed by atoms with Gasteiger partial charge in [0.2, 0.25) is 5.79 Å². The molecule has 15 atom stereocenters. The van der Waals surface area contributed by atoms with Gasteiger partial charge in [-0.3, -0.25) is 28.8 Å². The number of fused-ring (bicyclic) bond motifs is 3. The first-order chi connectivity index (χ1) is 37.8. The van der Waals surface area contributed by atoms with Crippen LogP contribution in [-0.4, -0.2) is 180 Å². The number of piperidine rings is 1.